The van der Waals surface area contributed by atoms with Crippen LogP contribution in [0, 0.1) is 13.8 Å². The number of rotatable bonds is 3. The molecule has 2 N–H and O–H groups in total. The number of fused-ring (bicyclic) bond motifs is 1. The summed E-state index contributed by atoms with van der Waals surface area (Å²) >= 11 is 0. The van der Waals surface area contributed by atoms with Gasteiger partial charge in [0, 0.05) is 24.2 Å². The van der Waals surface area contributed by atoms with Crippen LogP contribution >= 0.6 is 0 Å². The first-order valence-corrected chi connectivity index (χ1v) is 5.52. The van der Waals surface area contributed by atoms with Crippen molar-refractivity contribution in [1.82, 2.24) is 4.57 Å². The molecule has 0 amide bonds. The van der Waals surface area contributed by atoms with E-state index in [0.717, 1.165) is 17.8 Å². The average molecular weight is 218 g/mol. The highest BCUT2D eigenvalue weighted by molar-refractivity contribution is 5.87. The summed E-state index contributed by atoms with van der Waals surface area (Å²) in [6.45, 7) is 5.65. The Morgan fingerprint density at radius 2 is 2.00 bits per heavy atom. The van der Waals surface area contributed by atoms with Gasteiger partial charge >= 0.3 is 0 Å². The number of methoxy groups -OCH3 is 1. The fourth-order valence-electron chi connectivity index (χ4n) is 2.22. The van der Waals surface area contributed by atoms with Crippen LogP contribution in [0.15, 0.2) is 18.2 Å². The lowest BCUT2D eigenvalue weighted by Crippen LogP contribution is -2.11. The van der Waals surface area contributed by atoms with Crippen molar-refractivity contribution in [3.8, 4) is 5.75 Å². The smallest absolute Gasteiger partial charge is 0.143 e. The third-order valence-corrected chi connectivity index (χ3v) is 2.88. The van der Waals surface area contributed by atoms with Crippen molar-refractivity contribution in [2.24, 2.45) is 5.73 Å². The molecule has 0 saturated carbocycles. The molecule has 16 heavy (non-hydrogen) atoms. The molecule has 0 atom stereocenters. The predicted octanol–water partition coefficient (Wildman–Crippen LogP) is 2.23. The Bertz CT molecular complexity index is 514. The lowest BCUT2D eigenvalue weighted by Gasteiger charge is -2.10. The molecule has 86 valence electrons. The molecule has 0 aliphatic heterocycles. The van der Waals surface area contributed by atoms with Crippen LogP contribution in [0.5, 0.6) is 5.75 Å². The van der Waals surface area contributed by atoms with Crippen molar-refractivity contribution in [2.45, 2.75) is 20.4 Å². The molecule has 2 aromatic rings. The zero-order valence-corrected chi connectivity index (χ0v) is 10.1. The standard InChI is InChI=1S/C13H18N2O/c1-9-6-11-8-10(2)15(5-4-14)13(11)12(7-9)16-3/h6-8H,4-5,14H2,1-3H3. The Morgan fingerprint density at radius 1 is 1.25 bits per heavy atom. The largest absolute Gasteiger partial charge is 0.495 e. The summed E-state index contributed by atoms with van der Waals surface area (Å²) in [5.74, 6) is 0.927. The summed E-state index contributed by atoms with van der Waals surface area (Å²) in [6, 6.07) is 6.42. The molecule has 0 saturated heterocycles. The number of hydrogen-bond donors (Lipinski definition) is 1. The number of ether oxygens (including phenoxy) is 1. The van der Waals surface area contributed by atoms with Gasteiger partial charge in [0.25, 0.3) is 0 Å². The summed E-state index contributed by atoms with van der Waals surface area (Å²) < 4.78 is 7.66. The van der Waals surface area contributed by atoms with Crippen LogP contribution in [0.4, 0.5) is 0 Å². The summed E-state index contributed by atoms with van der Waals surface area (Å²) in [5.41, 5.74) is 9.23. The predicted molar refractivity (Wildman–Crippen MR) is 67.0 cm³/mol. The first-order chi connectivity index (χ1) is 7.67. The van der Waals surface area contributed by atoms with Gasteiger partial charge < -0.3 is 15.0 Å². The zero-order valence-electron chi connectivity index (χ0n) is 10.1. The molecule has 0 spiro atoms. The Hall–Kier alpha value is -1.48. The van der Waals surface area contributed by atoms with Crippen molar-refractivity contribution in [2.75, 3.05) is 13.7 Å². The van der Waals surface area contributed by atoms with Crippen molar-refractivity contribution in [1.29, 1.82) is 0 Å². The first-order valence-electron chi connectivity index (χ1n) is 5.52. The van der Waals surface area contributed by atoms with Gasteiger partial charge in [0.2, 0.25) is 0 Å². The molecule has 1 heterocycles. The van der Waals surface area contributed by atoms with Gasteiger partial charge in [-0.2, -0.15) is 0 Å². The van der Waals surface area contributed by atoms with Gasteiger partial charge in [-0.1, -0.05) is 0 Å². The van der Waals surface area contributed by atoms with E-state index in [0.29, 0.717) is 6.54 Å². The summed E-state index contributed by atoms with van der Waals surface area (Å²) in [5, 5.41) is 1.22. The molecule has 0 unspecified atom stereocenters. The minimum atomic E-state index is 0.641. The minimum absolute atomic E-state index is 0.641. The third-order valence-electron chi connectivity index (χ3n) is 2.88. The second-order valence-electron chi connectivity index (χ2n) is 4.13. The lowest BCUT2D eigenvalue weighted by atomic mass is 10.1. The van der Waals surface area contributed by atoms with Gasteiger partial charge in [-0.3, -0.25) is 0 Å². The highest BCUT2D eigenvalue weighted by atomic mass is 16.5. The highest BCUT2D eigenvalue weighted by Gasteiger charge is 2.10. The molecule has 3 heteroatoms. The number of hydrogen-bond acceptors (Lipinski definition) is 2. The van der Waals surface area contributed by atoms with E-state index in [4.69, 9.17) is 10.5 Å². The van der Waals surface area contributed by atoms with Crippen LogP contribution in [-0.2, 0) is 6.54 Å². The Morgan fingerprint density at radius 3 is 2.62 bits per heavy atom. The van der Waals surface area contributed by atoms with Crippen LogP contribution in [-0.4, -0.2) is 18.2 Å². The average Bonchev–Trinajstić information content (AvgIpc) is 2.54. The van der Waals surface area contributed by atoms with Crippen molar-refractivity contribution in [3.05, 3.63) is 29.5 Å². The van der Waals surface area contributed by atoms with E-state index in [1.54, 1.807) is 7.11 Å². The molecule has 0 radical (unpaired) electrons. The molecule has 1 aromatic carbocycles. The Balaban J connectivity index is 2.74. The molecule has 1 aromatic heterocycles. The molecule has 2 rings (SSSR count). The van der Waals surface area contributed by atoms with Crippen LogP contribution in [0.25, 0.3) is 10.9 Å². The maximum Gasteiger partial charge on any atom is 0.143 e. The summed E-state index contributed by atoms with van der Waals surface area (Å²) in [4.78, 5) is 0. The topological polar surface area (TPSA) is 40.2 Å². The first kappa shape index (κ1) is 11.0. The van der Waals surface area contributed by atoms with Crippen LogP contribution in [0.3, 0.4) is 0 Å². The maximum atomic E-state index is 5.64. The number of nitrogens with zero attached hydrogens (tertiary/aromatic N) is 1. The molecule has 3 nitrogen and oxygen atoms in total. The summed E-state index contributed by atoms with van der Waals surface area (Å²) in [6.07, 6.45) is 0. The SMILES string of the molecule is COc1cc(C)cc2cc(C)n(CCN)c12. The fraction of sp³-hybridized carbons (Fsp3) is 0.385. The molecular formula is C13H18N2O. The van der Waals surface area contributed by atoms with E-state index in [2.05, 4.69) is 36.6 Å². The second kappa shape index (κ2) is 4.18. The Labute approximate surface area is 95.8 Å². The minimum Gasteiger partial charge on any atom is -0.495 e. The second-order valence-corrected chi connectivity index (χ2v) is 4.13. The molecule has 0 aliphatic carbocycles. The molecule has 0 fully saturated rings. The quantitative estimate of drug-likeness (QED) is 0.858. The van der Waals surface area contributed by atoms with E-state index in [1.165, 1.54) is 16.6 Å². The van der Waals surface area contributed by atoms with Crippen molar-refractivity contribution < 1.29 is 4.74 Å². The van der Waals surface area contributed by atoms with E-state index < -0.39 is 0 Å². The molecule has 0 aliphatic rings. The normalized spacial score (nSPS) is 11.0. The van der Waals surface area contributed by atoms with E-state index in [1.807, 2.05) is 0 Å². The van der Waals surface area contributed by atoms with Gasteiger partial charge in [0.1, 0.15) is 5.75 Å². The van der Waals surface area contributed by atoms with Crippen LogP contribution < -0.4 is 10.5 Å². The van der Waals surface area contributed by atoms with Crippen molar-refractivity contribution >= 4 is 10.9 Å². The Kier molecular flexibility index (Phi) is 2.88. The monoisotopic (exact) mass is 218 g/mol. The van der Waals surface area contributed by atoms with Crippen molar-refractivity contribution in [3.63, 3.8) is 0 Å². The van der Waals surface area contributed by atoms with Gasteiger partial charge in [-0.15, -0.1) is 0 Å². The molecule has 0 bridgehead atoms. The third kappa shape index (κ3) is 1.67. The number of aromatic nitrogens is 1. The van der Waals surface area contributed by atoms with E-state index in [-0.39, 0.29) is 0 Å². The number of nitrogens with two attached hydrogens (primary N) is 1. The number of aryl methyl sites for hydroxylation is 2. The molecular weight excluding hydrogens is 200 g/mol. The van der Waals surface area contributed by atoms with Crippen LogP contribution in [0.2, 0.25) is 0 Å². The zero-order chi connectivity index (χ0) is 11.7. The van der Waals surface area contributed by atoms with Gasteiger partial charge in [-0.05, 0) is 37.6 Å². The summed E-state index contributed by atoms with van der Waals surface area (Å²) in [7, 11) is 1.71. The fourth-order valence-corrected chi connectivity index (χ4v) is 2.22. The number of benzene rings is 1. The van der Waals surface area contributed by atoms with E-state index in [9.17, 15) is 0 Å². The highest BCUT2D eigenvalue weighted by Crippen LogP contribution is 2.30. The van der Waals surface area contributed by atoms with Crippen LogP contribution in [0.1, 0.15) is 11.3 Å². The van der Waals surface area contributed by atoms with Gasteiger partial charge in [-0.25, -0.2) is 0 Å². The van der Waals surface area contributed by atoms with E-state index >= 15 is 0 Å². The maximum absolute atomic E-state index is 5.64. The van der Waals surface area contributed by atoms with Gasteiger partial charge in [0.05, 0.1) is 12.6 Å². The lowest BCUT2D eigenvalue weighted by molar-refractivity contribution is 0.417. The van der Waals surface area contributed by atoms with Gasteiger partial charge in [0.15, 0.2) is 0 Å².